The Morgan fingerprint density at radius 2 is 1.87 bits per heavy atom. The summed E-state index contributed by atoms with van der Waals surface area (Å²) in [4.78, 5) is 2.39. The van der Waals surface area contributed by atoms with Crippen LogP contribution in [-0.4, -0.2) is 29.3 Å². The van der Waals surface area contributed by atoms with Gasteiger partial charge in [-0.05, 0) is 31.0 Å². The van der Waals surface area contributed by atoms with Crippen molar-refractivity contribution in [1.29, 1.82) is 0 Å². The van der Waals surface area contributed by atoms with Crippen molar-refractivity contribution in [2.24, 2.45) is 5.92 Å². The van der Waals surface area contributed by atoms with E-state index in [-0.39, 0.29) is 6.61 Å². The average molecular weight is 317 g/mol. The van der Waals surface area contributed by atoms with Gasteiger partial charge >= 0.3 is 0 Å². The van der Waals surface area contributed by atoms with Crippen LogP contribution < -0.4 is 4.74 Å². The lowest BCUT2D eigenvalue weighted by molar-refractivity contribution is 0.137. The van der Waals surface area contributed by atoms with Crippen molar-refractivity contribution < 1.29 is 14.3 Å². The van der Waals surface area contributed by atoms with Crippen molar-refractivity contribution in [3.05, 3.63) is 54.0 Å². The van der Waals surface area contributed by atoms with Gasteiger partial charge in [-0.3, -0.25) is 4.90 Å². The van der Waals surface area contributed by atoms with Crippen LogP contribution in [0.5, 0.6) is 5.75 Å². The molecule has 0 fully saturated rings. The van der Waals surface area contributed by atoms with Gasteiger partial charge in [0.05, 0.1) is 19.4 Å². The number of aliphatic hydroxyl groups is 1. The topological polar surface area (TPSA) is 45.8 Å². The molecule has 23 heavy (non-hydrogen) atoms. The zero-order valence-corrected chi connectivity index (χ0v) is 14.2. The lowest BCUT2D eigenvalue weighted by atomic mass is 10.0. The first kappa shape index (κ1) is 17.6. The minimum Gasteiger partial charge on any atom is -0.491 e. The number of hydrogen-bond donors (Lipinski definition) is 1. The summed E-state index contributed by atoms with van der Waals surface area (Å²) in [6.07, 6.45) is 1.71. The van der Waals surface area contributed by atoms with E-state index in [1.54, 1.807) is 6.26 Å². The van der Waals surface area contributed by atoms with E-state index >= 15 is 0 Å². The number of ether oxygens (including phenoxy) is 1. The number of hydrogen-bond acceptors (Lipinski definition) is 4. The highest BCUT2D eigenvalue weighted by molar-refractivity contribution is 5.33. The van der Waals surface area contributed by atoms with Gasteiger partial charge in [-0.1, -0.05) is 32.0 Å². The molecular formula is C19H27NO3. The third-order valence-corrected chi connectivity index (χ3v) is 4.17. The lowest BCUT2D eigenvalue weighted by Gasteiger charge is -2.31. The highest BCUT2D eigenvalue weighted by atomic mass is 16.5. The van der Waals surface area contributed by atoms with Gasteiger partial charge < -0.3 is 14.3 Å². The van der Waals surface area contributed by atoms with Crippen LogP contribution in [0.25, 0.3) is 0 Å². The van der Waals surface area contributed by atoms with Gasteiger partial charge in [-0.2, -0.15) is 0 Å². The fourth-order valence-electron chi connectivity index (χ4n) is 2.52. The van der Waals surface area contributed by atoms with Crippen molar-refractivity contribution in [3.63, 3.8) is 0 Å². The highest BCUT2D eigenvalue weighted by Gasteiger charge is 2.20. The van der Waals surface area contributed by atoms with Gasteiger partial charge in [-0.15, -0.1) is 0 Å². The highest BCUT2D eigenvalue weighted by Crippen LogP contribution is 2.24. The minimum atomic E-state index is 0.0207. The largest absolute Gasteiger partial charge is 0.491 e. The van der Waals surface area contributed by atoms with Crippen LogP contribution in [0.3, 0.4) is 0 Å². The van der Waals surface area contributed by atoms with E-state index in [0.717, 1.165) is 30.2 Å². The maximum absolute atomic E-state index is 8.98. The summed E-state index contributed by atoms with van der Waals surface area (Å²) >= 11 is 0. The molecule has 0 aliphatic heterocycles. The SMILES string of the molecule is CC(C)[C@@H](C)N(Cc1ccco1)Cc1ccccc1OCCO. The number of benzene rings is 1. The summed E-state index contributed by atoms with van der Waals surface area (Å²) in [5.74, 6) is 2.34. The van der Waals surface area contributed by atoms with Gasteiger partial charge in [0.1, 0.15) is 18.1 Å². The van der Waals surface area contributed by atoms with E-state index in [1.165, 1.54) is 0 Å². The molecule has 1 aromatic heterocycles. The van der Waals surface area contributed by atoms with Gasteiger partial charge in [0.25, 0.3) is 0 Å². The Bertz CT molecular complexity index is 566. The van der Waals surface area contributed by atoms with Crippen LogP contribution in [0.15, 0.2) is 47.1 Å². The Hall–Kier alpha value is -1.78. The molecule has 0 aliphatic rings. The van der Waals surface area contributed by atoms with Crippen molar-refractivity contribution in [1.82, 2.24) is 4.90 Å². The van der Waals surface area contributed by atoms with Crippen molar-refractivity contribution >= 4 is 0 Å². The second-order valence-corrected chi connectivity index (χ2v) is 6.15. The summed E-state index contributed by atoms with van der Waals surface area (Å²) in [5, 5.41) is 8.98. The molecule has 1 heterocycles. The van der Waals surface area contributed by atoms with E-state index in [2.05, 4.69) is 31.7 Å². The van der Waals surface area contributed by atoms with Gasteiger partial charge in [-0.25, -0.2) is 0 Å². The lowest BCUT2D eigenvalue weighted by Crippen LogP contribution is -2.35. The number of para-hydroxylation sites is 1. The molecule has 1 aromatic carbocycles. The van der Waals surface area contributed by atoms with Gasteiger partial charge in [0, 0.05) is 18.2 Å². The summed E-state index contributed by atoms with van der Waals surface area (Å²) in [6, 6.07) is 12.3. The smallest absolute Gasteiger partial charge is 0.123 e. The Balaban J connectivity index is 2.16. The summed E-state index contributed by atoms with van der Waals surface area (Å²) in [5.41, 5.74) is 1.13. The quantitative estimate of drug-likeness (QED) is 0.766. The molecule has 0 spiro atoms. The summed E-state index contributed by atoms with van der Waals surface area (Å²) in [6.45, 7) is 8.58. The fraction of sp³-hybridized carbons (Fsp3) is 0.474. The second kappa shape index (κ2) is 8.75. The zero-order chi connectivity index (χ0) is 16.7. The van der Waals surface area contributed by atoms with Crippen LogP contribution in [0.1, 0.15) is 32.1 Å². The monoisotopic (exact) mass is 317 g/mol. The van der Waals surface area contributed by atoms with E-state index in [4.69, 9.17) is 14.3 Å². The molecule has 1 N–H and O–H groups in total. The third kappa shape index (κ3) is 5.12. The first-order valence-electron chi connectivity index (χ1n) is 8.19. The molecule has 1 atom stereocenters. The Kier molecular flexibility index (Phi) is 6.68. The van der Waals surface area contributed by atoms with Crippen LogP contribution in [0.2, 0.25) is 0 Å². The standard InChI is InChI=1S/C19H27NO3/c1-15(2)16(3)20(14-18-8-6-11-22-18)13-17-7-4-5-9-19(17)23-12-10-21/h4-9,11,15-16,21H,10,12-14H2,1-3H3/t16-/m1/s1. The van der Waals surface area contributed by atoms with Crippen molar-refractivity contribution in [2.75, 3.05) is 13.2 Å². The molecule has 0 bridgehead atoms. The van der Waals surface area contributed by atoms with E-state index < -0.39 is 0 Å². The molecule has 4 nitrogen and oxygen atoms in total. The molecule has 0 radical (unpaired) electrons. The minimum absolute atomic E-state index is 0.0207. The van der Waals surface area contributed by atoms with Crippen molar-refractivity contribution in [3.8, 4) is 5.75 Å². The van der Waals surface area contributed by atoms with E-state index in [1.807, 2.05) is 30.3 Å². The first-order chi connectivity index (χ1) is 11.1. The van der Waals surface area contributed by atoms with Gasteiger partial charge in [0.15, 0.2) is 0 Å². The molecule has 0 saturated carbocycles. The predicted octanol–water partition coefficient (Wildman–Crippen LogP) is 3.70. The Morgan fingerprint density at radius 3 is 2.52 bits per heavy atom. The molecule has 2 aromatic rings. The maximum Gasteiger partial charge on any atom is 0.123 e. The predicted molar refractivity (Wildman–Crippen MR) is 91.3 cm³/mol. The molecular weight excluding hydrogens is 290 g/mol. The second-order valence-electron chi connectivity index (χ2n) is 6.15. The molecule has 4 heteroatoms. The van der Waals surface area contributed by atoms with Crippen molar-refractivity contribution in [2.45, 2.75) is 39.9 Å². The normalized spacial score (nSPS) is 12.8. The summed E-state index contributed by atoms with van der Waals surface area (Å²) in [7, 11) is 0. The molecule has 0 saturated heterocycles. The van der Waals surface area contributed by atoms with Crippen LogP contribution in [-0.2, 0) is 13.1 Å². The molecule has 0 aliphatic carbocycles. The molecule has 0 amide bonds. The van der Waals surface area contributed by atoms with Crippen LogP contribution in [0.4, 0.5) is 0 Å². The van der Waals surface area contributed by atoms with Crippen LogP contribution in [0, 0.1) is 5.92 Å². The molecule has 2 rings (SSSR count). The zero-order valence-electron chi connectivity index (χ0n) is 14.2. The number of rotatable bonds is 9. The maximum atomic E-state index is 8.98. The average Bonchev–Trinajstić information content (AvgIpc) is 3.05. The summed E-state index contributed by atoms with van der Waals surface area (Å²) < 4.78 is 11.2. The number of nitrogens with zero attached hydrogens (tertiary/aromatic N) is 1. The number of aliphatic hydroxyl groups excluding tert-OH is 1. The number of furan rings is 1. The molecule has 0 unspecified atom stereocenters. The Morgan fingerprint density at radius 1 is 1.09 bits per heavy atom. The van der Waals surface area contributed by atoms with Crippen LogP contribution >= 0.6 is 0 Å². The third-order valence-electron chi connectivity index (χ3n) is 4.17. The fourth-order valence-corrected chi connectivity index (χ4v) is 2.52. The van der Waals surface area contributed by atoms with E-state index in [0.29, 0.717) is 18.6 Å². The Labute approximate surface area is 138 Å². The van der Waals surface area contributed by atoms with E-state index in [9.17, 15) is 0 Å². The molecule has 126 valence electrons. The first-order valence-corrected chi connectivity index (χ1v) is 8.19. The van der Waals surface area contributed by atoms with Gasteiger partial charge in [0.2, 0.25) is 0 Å².